The summed E-state index contributed by atoms with van der Waals surface area (Å²) >= 11 is 0. The van der Waals surface area contributed by atoms with E-state index in [4.69, 9.17) is 14.2 Å². The van der Waals surface area contributed by atoms with E-state index in [2.05, 4.69) is 0 Å². The SMILES string of the molecule is CCOc1cc([N+](=O)[O-])c(C(=O)OCC(=O)N(CC)Cc2ccccc2)cc1OC. The molecule has 2 aromatic rings. The lowest BCUT2D eigenvalue weighted by Gasteiger charge is -2.21. The number of methoxy groups -OCH3 is 1. The third-order valence-electron chi connectivity index (χ3n) is 4.28. The predicted octanol–water partition coefficient (Wildman–Crippen LogP) is 3.21. The first-order chi connectivity index (χ1) is 14.4. The molecule has 2 rings (SSSR count). The second-order valence-corrected chi connectivity index (χ2v) is 6.18. The van der Waals surface area contributed by atoms with Crippen molar-refractivity contribution in [3.05, 3.63) is 63.7 Å². The van der Waals surface area contributed by atoms with Crippen LogP contribution in [0.1, 0.15) is 29.8 Å². The number of nitro benzene ring substituents is 1. The number of carbonyl (C=O) groups excluding carboxylic acids is 2. The van der Waals surface area contributed by atoms with Gasteiger partial charge in [0.25, 0.3) is 11.6 Å². The maximum Gasteiger partial charge on any atom is 0.345 e. The Kier molecular flexibility index (Phi) is 8.16. The molecule has 0 fully saturated rings. The van der Waals surface area contributed by atoms with Crippen LogP contribution in [0, 0.1) is 10.1 Å². The van der Waals surface area contributed by atoms with Gasteiger partial charge in [-0.1, -0.05) is 30.3 Å². The van der Waals surface area contributed by atoms with Gasteiger partial charge >= 0.3 is 5.97 Å². The molecule has 160 valence electrons. The fourth-order valence-corrected chi connectivity index (χ4v) is 2.77. The number of ether oxygens (including phenoxy) is 3. The number of benzene rings is 2. The van der Waals surface area contributed by atoms with Crippen molar-refractivity contribution in [3.8, 4) is 11.5 Å². The molecule has 0 radical (unpaired) electrons. The van der Waals surface area contributed by atoms with E-state index in [0.717, 1.165) is 11.6 Å². The first kappa shape index (κ1) is 22.7. The van der Waals surface area contributed by atoms with Gasteiger partial charge in [-0.3, -0.25) is 14.9 Å². The molecule has 0 atom stereocenters. The highest BCUT2D eigenvalue weighted by molar-refractivity contribution is 5.96. The van der Waals surface area contributed by atoms with Gasteiger partial charge in [0, 0.05) is 19.2 Å². The number of rotatable bonds is 10. The minimum atomic E-state index is -0.993. The summed E-state index contributed by atoms with van der Waals surface area (Å²) in [4.78, 5) is 37.2. The Hall–Kier alpha value is -3.62. The average molecular weight is 416 g/mol. The highest BCUT2D eigenvalue weighted by atomic mass is 16.6. The Morgan fingerprint density at radius 3 is 2.37 bits per heavy atom. The van der Waals surface area contributed by atoms with Crippen LogP contribution in [-0.2, 0) is 16.1 Å². The molecule has 0 heterocycles. The van der Waals surface area contributed by atoms with Crippen LogP contribution in [0.3, 0.4) is 0 Å². The number of nitrogens with zero attached hydrogens (tertiary/aromatic N) is 2. The molecule has 0 bridgehead atoms. The van der Waals surface area contributed by atoms with Crippen molar-refractivity contribution < 1.29 is 28.7 Å². The van der Waals surface area contributed by atoms with Crippen molar-refractivity contribution in [2.75, 3.05) is 26.9 Å². The van der Waals surface area contributed by atoms with E-state index in [1.165, 1.54) is 18.1 Å². The highest BCUT2D eigenvalue weighted by Gasteiger charge is 2.27. The summed E-state index contributed by atoms with van der Waals surface area (Å²) < 4.78 is 15.5. The lowest BCUT2D eigenvalue weighted by atomic mass is 10.1. The van der Waals surface area contributed by atoms with E-state index >= 15 is 0 Å². The summed E-state index contributed by atoms with van der Waals surface area (Å²) in [6, 6.07) is 11.7. The van der Waals surface area contributed by atoms with Crippen LogP contribution in [0.5, 0.6) is 11.5 Å². The van der Waals surface area contributed by atoms with Gasteiger partial charge in [-0.05, 0) is 19.4 Å². The molecule has 0 saturated heterocycles. The molecule has 0 aliphatic heterocycles. The molecule has 0 N–H and O–H groups in total. The normalized spacial score (nSPS) is 10.2. The Morgan fingerprint density at radius 1 is 1.10 bits per heavy atom. The van der Waals surface area contributed by atoms with Crippen LogP contribution in [0.2, 0.25) is 0 Å². The third-order valence-corrected chi connectivity index (χ3v) is 4.28. The van der Waals surface area contributed by atoms with Gasteiger partial charge in [0.15, 0.2) is 18.1 Å². The number of likely N-dealkylation sites (N-methyl/N-ethyl adjacent to an activating group) is 1. The number of nitro groups is 1. The van der Waals surface area contributed by atoms with Crippen LogP contribution < -0.4 is 9.47 Å². The van der Waals surface area contributed by atoms with E-state index in [1.54, 1.807) is 6.92 Å². The standard InChI is InChI=1S/C21H24N2O7/c1-4-22(13-15-9-7-6-8-10-15)20(24)14-30-21(25)16-11-18(28-3)19(29-5-2)12-17(16)23(26)27/h6-12H,4-5,13-14H2,1-3H3. The fourth-order valence-electron chi connectivity index (χ4n) is 2.77. The van der Waals surface area contributed by atoms with Crippen molar-refractivity contribution in [1.82, 2.24) is 4.90 Å². The zero-order chi connectivity index (χ0) is 22.1. The van der Waals surface area contributed by atoms with Crippen LogP contribution in [0.4, 0.5) is 5.69 Å². The minimum absolute atomic E-state index is 0.138. The molecule has 9 heteroatoms. The van der Waals surface area contributed by atoms with Crippen LogP contribution in [0.15, 0.2) is 42.5 Å². The zero-order valence-electron chi connectivity index (χ0n) is 17.1. The maximum absolute atomic E-state index is 12.5. The van der Waals surface area contributed by atoms with E-state index in [1.807, 2.05) is 37.3 Å². The molecule has 0 spiro atoms. The lowest BCUT2D eigenvalue weighted by molar-refractivity contribution is -0.385. The average Bonchev–Trinajstić information content (AvgIpc) is 2.76. The van der Waals surface area contributed by atoms with Crippen molar-refractivity contribution in [1.29, 1.82) is 0 Å². The van der Waals surface area contributed by atoms with Crippen molar-refractivity contribution in [2.24, 2.45) is 0 Å². The summed E-state index contributed by atoms with van der Waals surface area (Å²) in [7, 11) is 1.35. The van der Waals surface area contributed by atoms with Gasteiger partial charge in [-0.25, -0.2) is 4.79 Å². The smallest absolute Gasteiger partial charge is 0.345 e. The molecule has 9 nitrogen and oxygen atoms in total. The molecule has 1 amide bonds. The second-order valence-electron chi connectivity index (χ2n) is 6.18. The summed E-state index contributed by atoms with van der Waals surface area (Å²) in [6.45, 7) is 4.04. The van der Waals surface area contributed by atoms with E-state index in [-0.39, 0.29) is 23.7 Å². The van der Waals surface area contributed by atoms with E-state index in [0.29, 0.717) is 13.1 Å². The maximum atomic E-state index is 12.5. The molecule has 0 saturated carbocycles. The Labute approximate surface area is 174 Å². The second kappa shape index (κ2) is 10.8. The highest BCUT2D eigenvalue weighted by Crippen LogP contribution is 2.35. The predicted molar refractivity (Wildman–Crippen MR) is 109 cm³/mol. The molecule has 0 aliphatic rings. The number of carbonyl (C=O) groups is 2. The summed E-state index contributed by atoms with van der Waals surface area (Å²) in [5, 5.41) is 11.4. The first-order valence-corrected chi connectivity index (χ1v) is 9.39. The van der Waals surface area contributed by atoms with Gasteiger partial charge in [-0.15, -0.1) is 0 Å². The first-order valence-electron chi connectivity index (χ1n) is 9.39. The van der Waals surface area contributed by atoms with Crippen LogP contribution in [0.25, 0.3) is 0 Å². The number of amides is 1. The van der Waals surface area contributed by atoms with Gasteiger partial charge in [0.2, 0.25) is 0 Å². The van der Waals surface area contributed by atoms with E-state index in [9.17, 15) is 19.7 Å². The lowest BCUT2D eigenvalue weighted by Crippen LogP contribution is -2.34. The van der Waals surface area contributed by atoms with Gasteiger partial charge in [-0.2, -0.15) is 0 Å². The van der Waals surface area contributed by atoms with Gasteiger partial charge in [0.1, 0.15) is 5.56 Å². The molecule has 30 heavy (non-hydrogen) atoms. The zero-order valence-corrected chi connectivity index (χ0v) is 17.1. The number of hydrogen-bond donors (Lipinski definition) is 0. The molecular formula is C21H24N2O7. The topological polar surface area (TPSA) is 108 Å². The molecular weight excluding hydrogens is 392 g/mol. The molecule has 2 aromatic carbocycles. The summed E-state index contributed by atoms with van der Waals surface area (Å²) in [5.41, 5.74) is 0.124. The Morgan fingerprint density at radius 2 is 1.80 bits per heavy atom. The monoisotopic (exact) mass is 416 g/mol. The summed E-state index contributed by atoms with van der Waals surface area (Å²) in [5.74, 6) is -1.11. The largest absolute Gasteiger partial charge is 0.493 e. The Balaban J connectivity index is 2.14. The van der Waals surface area contributed by atoms with Gasteiger partial charge < -0.3 is 19.1 Å². The van der Waals surface area contributed by atoms with E-state index < -0.39 is 29.1 Å². The van der Waals surface area contributed by atoms with Crippen molar-refractivity contribution in [2.45, 2.75) is 20.4 Å². The van der Waals surface area contributed by atoms with Gasteiger partial charge in [0.05, 0.1) is 24.7 Å². The van der Waals surface area contributed by atoms with Crippen LogP contribution >= 0.6 is 0 Å². The Bertz CT molecular complexity index is 900. The summed E-state index contributed by atoms with van der Waals surface area (Å²) in [6.07, 6.45) is 0. The third kappa shape index (κ3) is 5.69. The molecule has 0 aromatic heterocycles. The number of hydrogen-bond acceptors (Lipinski definition) is 7. The van der Waals surface area contributed by atoms with Crippen LogP contribution in [-0.4, -0.2) is 48.6 Å². The molecule has 0 aliphatic carbocycles. The minimum Gasteiger partial charge on any atom is -0.493 e. The fraction of sp³-hybridized carbons (Fsp3) is 0.333. The number of esters is 1. The quantitative estimate of drug-likeness (QED) is 0.332. The van der Waals surface area contributed by atoms with Crippen molar-refractivity contribution in [3.63, 3.8) is 0 Å². The van der Waals surface area contributed by atoms with Crippen molar-refractivity contribution >= 4 is 17.6 Å². The molecule has 0 unspecified atom stereocenters.